The summed E-state index contributed by atoms with van der Waals surface area (Å²) in [6.45, 7) is 8.09. The van der Waals surface area contributed by atoms with E-state index in [1.54, 1.807) is 0 Å². The van der Waals surface area contributed by atoms with E-state index in [4.69, 9.17) is 5.26 Å². The van der Waals surface area contributed by atoms with E-state index in [1.165, 1.54) is 0 Å². The van der Waals surface area contributed by atoms with E-state index < -0.39 is 0 Å². The second-order valence-electron chi connectivity index (χ2n) is 4.77. The molecule has 0 saturated heterocycles. The molecule has 0 amide bonds. The Morgan fingerprint density at radius 1 is 1.43 bits per heavy atom. The van der Waals surface area contributed by atoms with Crippen LogP contribution in [0.4, 0.5) is 0 Å². The molecule has 0 aliphatic rings. The normalized spacial score (nSPS) is 15.6. The minimum atomic E-state index is -0.371. The van der Waals surface area contributed by atoms with Crippen LogP contribution in [0.3, 0.4) is 0 Å². The summed E-state index contributed by atoms with van der Waals surface area (Å²) in [4.78, 5) is 2.11. The van der Waals surface area contributed by atoms with Crippen molar-refractivity contribution in [2.24, 2.45) is 5.92 Å². The smallest absolute Gasteiger partial charge is 0.104 e. The molecule has 0 bridgehead atoms. The summed E-state index contributed by atoms with van der Waals surface area (Å²) in [5.41, 5.74) is -0.371. The van der Waals surface area contributed by atoms with Gasteiger partial charge in [0.1, 0.15) is 5.54 Å². The van der Waals surface area contributed by atoms with Gasteiger partial charge in [0.15, 0.2) is 0 Å². The fourth-order valence-corrected chi connectivity index (χ4v) is 1.53. The van der Waals surface area contributed by atoms with Crippen LogP contribution in [-0.2, 0) is 0 Å². The molecule has 0 aliphatic carbocycles. The average molecular weight is 197 g/mol. The average Bonchev–Trinajstić information content (AvgIpc) is 2.02. The summed E-state index contributed by atoms with van der Waals surface area (Å²) >= 11 is 0. The van der Waals surface area contributed by atoms with E-state index in [0.717, 1.165) is 19.5 Å². The van der Waals surface area contributed by atoms with E-state index >= 15 is 0 Å². The van der Waals surface area contributed by atoms with Gasteiger partial charge in [0.05, 0.1) is 6.07 Å². The van der Waals surface area contributed by atoms with Gasteiger partial charge in [0.2, 0.25) is 0 Å². The largest absolute Gasteiger partial charge is 0.308 e. The van der Waals surface area contributed by atoms with Crippen LogP contribution in [0, 0.1) is 17.2 Å². The fraction of sp³-hybridized carbons (Fsp3) is 0.909. The summed E-state index contributed by atoms with van der Waals surface area (Å²) in [7, 11) is 4.07. The van der Waals surface area contributed by atoms with Crippen molar-refractivity contribution in [1.82, 2.24) is 10.2 Å². The van der Waals surface area contributed by atoms with Gasteiger partial charge in [0, 0.05) is 13.1 Å². The Kier molecular flexibility index (Phi) is 5.75. The molecule has 82 valence electrons. The lowest BCUT2D eigenvalue weighted by Gasteiger charge is -2.26. The third kappa shape index (κ3) is 5.95. The molecule has 0 aliphatic heterocycles. The maximum atomic E-state index is 9.07. The maximum absolute atomic E-state index is 9.07. The van der Waals surface area contributed by atoms with E-state index in [9.17, 15) is 0 Å². The standard InChI is InChI=1S/C11H23N3/c1-10(2)8-11(3,9-12)13-6-7-14(4)5/h10,13H,6-8H2,1-5H3. The summed E-state index contributed by atoms with van der Waals surface area (Å²) in [6.07, 6.45) is 0.900. The van der Waals surface area contributed by atoms with Gasteiger partial charge < -0.3 is 4.90 Å². The highest BCUT2D eigenvalue weighted by Gasteiger charge is 2.23. The van der Waals surface area contributed by atoms with E-state index in [-0.39, 0.29) is 5.54 Å². The Balaban J connectivity index is 3.95. The first-order chi connectivity index (χ1) is 6.39. The van der Waals surface area contributed by atoms with Gasteiger partial charge in [-0.25, -0.2) is 0 Å². The summed E-state index contributed by atoms with van der Waals surface area (Å²) in [6, 6.07) is 2.35. The Hall–Kier alpha value is -0.590. The molecule has 1 unspecified atom stereocenters. The number of hydrogen-bond acceptors (Lipinski definition) is 3. The van der Waals surface area contributed by atoms with Gasteiger partial charge in [-0.15, -0.1) is 0 Å². The van der Waals surface area contributed by atoms with Gasteiger partial charge in [-0.05, 0) is 33.4 Å². The monoisotopic (exact) mass is 197 g/mol. The molecule has 0 spiro atoms. The van der Waals surface area contributed by atoms with E-state index in [2.05, 4.69) is 30.1 Å². The molecule has 1 N–H and O–H groups in total. The van der Waals surface area contributed by atoms with Crippen molar-refractivity contribution >= 4 is 0 Å². The summed E-state index contributed by atoms with van der Waals surface area (Å²) < 4.78 is 0. The molecule has 0 heterocycles. The van der Waals surface area contributed by atoms with Gasteiger partial charge >= 0.3 is 0 Å². The molecule has 0 fully saturated rings. The molecule has 0 aromatic carbocycles. The molecule has 1 atom stereocenters. The minimum absolute atomic E-state index is 0.371. The van der Waals surface area contributed by atoms with Crippen molar-refractivity contribution in [2.45, 2.75) is 32.7 Å². The SMILES string of the molecule is CC(C)CC(C)(C#N)NCCN(C)C. The molecule has 0 aromatic heterocycles. The van der Waals surface area contributed by atoms with Gasteiger partial charge in [-0.2, -0.15) is 5.26 Å². The Labute approximate surface area is 88.1 Å². The lowest BCUT2D eigenvalue weighted by Crippen LogP contribution is -2.44. The van der Waals surface area contributed by atoms with Crippen molar-refractivity contribution in [3.8, 4) is 6.07 Å². The molecule has 0 aromatic rings. The van der Waals surface area contributed by atoms with Crippen LogP contribution in [0.25, 0.3) is 0 Å². The predicted octanol–water partition coefficient (Wildman–Crippen LogP) is 1.47. The molecule has 3 nitrogen and oxygen atoms in total. The fourth-order valence-electron chi connectivity index (χ4n) is 1.53. The van der Waals surface area contributed by atoms with Crippen LogP contribution in [0.2, 0.25) is 0 Å². The van der Waals surface area contributed by atoms with Crippen LogP contribution in [-0.4, -0.2) is 37.6 Å². The van der Waals surface area contributed by atoms with E-state index in [0.29, 0.717) is 5.92 Å². The van der Waals surface area contributed by atoms with Crippen molar-refractivity contribution < 1.29 is 0 Å². The summed E-state index contributed by atoms with van der Waals surface area (Å²) in [5.74, 6) is 0.548. The van der Waals surface area contributed by atoms with Crippen LogP contribution in [0.15, 0.2) is 0 Å². The van der Waals surface area contributed by atoms with Crippen molar-refractivity contribution in [1.29, 1.82) is 5.26 Å². The van der Waals surface area contributed by atoms with Gasteiger partial charge in [-0.3, -0.25) is 5.32 Å². The highest BCUT2D eigenvalue weighted by atomic mass is 15.1. The first-order valence-electron chi connectivity index (χ1n) is 5.20. The number of nitrogens with one attached hydrogen (secondary N) is 1. The Morgan fingerprint density at radius 2 is 2.00 bits per heavy atom. The zero-order chi connectivity index (χ0) is 11.2. The number of rotatable bonds is 6. The quantitative estimate of drug-likeness (QED) is 0.701. The second-order valence-corrected chi connectivity index (χ2v) is 4.77. The molecule has 3 heteroatoms. The first kappa shape index (κ1) is 13.4. The number of likely N-dealkylation sites (N-methyl/N-ethyl adjacent to an activating group) is 1. The van der Waals surface area contributed by atoms with Crippen LogP contribution < -0.4 is 5.32 Å². The van der Waals surface area contributed by atoms with Crippen LogP contribution in [0.1, 0.15) is 27.2 Å². The zero-order valence-corrected chi connectivity index (χ0v) is 10.1. The first-order valence-corrected chi connectivity index (χ1v) is 5.20. The Bertz CT molecular complexity index is 193. The lowest BCUT2D eigenvalue weighted by molar-refractivity contribution is 0.330. The molecular formula is C11H23N3. The van der Waals surface area contributed by atoms with Crippen molar-refractivity contribution in [3.05, 3.63) is 0 Å². The van der Waals surface area contributed by atoms with Gasteiger partial charge in [-0.1, -0.05) is 13.8 Å². The topological polar surface area (TPSA) is 39.1 Å². The Morgan fingerprint density at radius 3 is 2.36 bits per heavy atom. The predicted molar refractivity (Wildman–Crippen MR) is 60.0 cm³/mol. The number of hydrogen-bond donors (Lipinski definition) is 1. The van der Waals surface area contributed by atoms with Gasteiger partial charge in [0.25, 0.3) is 0 Å². The third-order valence-corrected chi connectivity index (χ3v) is 2.14. The maximum Gasteiger partial charge on any atom is 0.104 e. The van der Waals surface area contributed by atoms with Crippen LogP contribution in [0.5, 0.6) is 0 Å². The van der Waals surface area contributed by atoms with Crippen molar-refractivity contribution in [2.75, 3.05) is 27.2 Å². The highest BCUT2D eigenvalue weighted by Crippen LogP contribution is 2.14. The third-order valence-electron chi connectivity index (χ3n) is 2.14. The highest BCUT2D eigenvalue weighted by molar-refractivity contribution is 5.04. The van der Waals surface area contributed by atoms with Crippen LogP contribution >= 0.6 is 0 Å². The number of nitriles is 1. The zero-order valence-electron chi connectivity index (χ0n) is 10.1. The van der Waals surface area contributed by atoms with Crippen molar-refractivity contribution in [3.63, 3.8) is 0 Å². The number of nitrogens with zero attached hydrogens (tertiary/aromatic N) is 2. The molecule has 14 heavy (non-hydrogen) atoms. The molecule has 0 rings (SSSR count). The lowest BCUT2D eigenvalue weighted by atomic mass is 9.92. The molecule has 0 radical (unpaired) electrons. The minimum Gasteiger partial charge on any atom is -0.308 e. The molecular weight excluding hydrogens is 174 g/mol. The second kappa shape index (κ2) is 6.00. The summed E-state index contributed by atoms with van der Waals surface area (Å²) in [5, 5.41) is 12.4. The molecule has 0 saturated carbocycles. The van der Waals surface area contributed by atoms with E-state index in [1.807, 2.05) is 21.0 Å².